The summed E-state index contributed by atoms with van der Waals surface area (Å²) in [4.78, 5) is 12.8. The summed E-state index contributed by atoms with van der Waals surface area (Å²) in [7, 11) is 1.92. The summed E-state index contributed by atoms with van der Waals surface area (Å²) in [5.74, 6) is 0.0264. The van der Waals surface area contributed by atoms with Crippen LogP contribution in [0.15, 0.2) is 47.1 Å². The van der Waals surface area contributed by atoms with Gasteiger partial charge in [0.05, 0.1) is 0 Å². The molecule has 0 spiro atoms. The Kier molecular flexibility index (Phi) is 3.64. The molecule has 3 rings (SSSR count). The van der Waals surface area contributed by atoms with Crippen LogP contribution in [0.4, 0.5) is 0 Å². The van der Waals surface area contributed by atoms with E-state index in [1.165, 1.54) is 0 Å². The molecule has 4 heteroatoms. The van der Waals surface area contributed by atoms with Gasteiger partial charge in [0.2, 0.25) is 0 Å². The fourth-order valence-electron chi connectivity index (χ4n) is 2.48. The molecule has 0 aliphatic carbocycles. The lowest BCUT2D eigenvalue weighted by Crippen LogP contribution is -2.01. The first kappa shape index (κ1) is 14.4. The van der Waals surface area contributed by atoms with Crippen LogP contribution in [0.1, 0.15) is 21.5 Å². The van der Waals surface area contributed by atoms with Gasteiger partial charge in [-0.2, -0.15) is 0 Å². The second-order valence-electron chi connectivity index (χ2n) is 5.11. The van der Waals surface area contributed by atoms with Crippen LogP contribution >= 0.6 is 27.5 Å². The van der Waals surface area contributed by atoms with Crippen LogP contribution in [0.2, 0.25) is 5.02 Å². The Bertz CT molecular complexity index is 867. The van der Waals surface area contributed by atoms with Gasteiger partial charge in [-0.1, -0.05) is 33.6 Å². The predicted molar refractivity (Wildman–Crippen MR) is 90.2 cm³/mol. The number of carbonyl (C=O) groups excluding carboxylic acids is 1. The average Bonchev–Trinajstić information content (AvgIpc) is 2.78. The SMILES string of the molecule is Cc1cc(C(=O)c2cn(C)c3cc(Cl)ccc23)ccc1Br. The fraction of sp³-hybridized carbons (Fsp3) is 0.118. The Morgan fingerprint density at radius 1 is 1.19 bits per heavy atom. The van der Waals surface area contributed by atoms with E-state index >= 15 is 0 Å². The lowest BCUT2D eigenvalue weighted by atomic mass is 10.0. The highest BCUT2D eigenvalue weighted by Crippen LogP contribution is 2.27. The van der Waals surface area contributed by atoms with Crippen LogP contribution in [-0.2, 0) is 7.05 Å². The van der Waals surface area contributed by atoms with E-state index in [4.69, 9.17) is 11.6 Å². The Morgan fingerprint density at radius 2 is 1.95 bits per heavy atom. The number of rotatable bonds is 2. The molecule has 21 heavy (non-hydrogen) atoms. The van der Waals surface area contributed by atoms with E-state index in [0.717, 1.165) is 20.9 Å². The Morgan fingerprint density at radius 3 is 2.67 bits per heavy atom. The standard InChI is InChI=1S/C17H13BrClNO/c1-10-7-11(3-6-15(10)18)17(21)14-9-20(2)16-8-12(19)4-5-13(14)16/h3-9H,1-2H3. The van der Waals surface area contributed by atoms with Crippen molar-refractivity contribution in [2.24, 2.45) is 7.05 Å². The van der Waals surface area contributed by atoms with E-state index in [1.54, 1.807) is 0 Å². The second-order valence-corrected chi connectivity index (χ2v) is 6.40. The van der Waals surface area contributed by atoms with E-state index in [9.17, 15) is 4.79 Å². The zero-order valence-electron chi connectivity index (χ0n) is 11.7. The first-order valence-electron chi connectivity index (χ1n) is 6.53. The molecule has 0 unspecified atom stereocenters. The fourth-order valence-corrected chi connectivity index (χ4v) is 2.89. The van der Waals surface area contributed by atoms with Crippen molar-refractivity contribution in [3.05, 3.63) is 68.8 Å². The predicted octanol–water partition coefficient (Wildman–Crippen LogP) is 5.13. The van der Waals surface area contributed by atoms with Crippen molar-refractivity contribution in [1.29, 1.82) is 0 Å². The van der Waals surface area contributed by atoms with Crippen molar-refractivity contribution in [3.8, 4) is 0 Å². The number of hydrogen-bond donors (Lipinski definition) is 0. The average molecular weight is 363 g/mol. The lowest BCUT2D eigenvalue weighted by Gasteiger charge is -2.03. The molecule has 0 radical (unpaired) electrons. The minimum atomic E-state index is 0.0264. The maximum Gasteiger partial charge on any atom is 0.195 e. The lowest BCUT2D eigenvalue weighted by molar-refractivity contribution is 0.104. The third kappa shape index (κ3) is 2.52. The number of nitrogens with zero attached hydrogens (tertiary/aromatic N) is 1. The number of aromatic nitrogens is 1. The van der Waals surface area contributed by atoms with Crippen LogP contribution in [0.25, 0.3) is 10.9 Å². The molecule has 0 fully saturated rings. The van der Waals surface area contributed by atoms with Crippen LogP contribution in [-0.4, -0.2) is 10.4 Å². The van der Waals surface area contributed by atoms with Crippen LogP contribution in [0.5, 0.6) is 0 Å². The zero-order chi connectivity index (χ0) is 15.1. The summed E-state index contributed by atoms with van der Waals surface area (Å²) in [5, 5.41) is 1.59. The Labute approximate surface area is 136 Å². The summed E-state index contributed by atoms with van der Waals surface area (Å²) in [6.07, 6.45) is 1.86. The molecule has 106 valence electrons. The number of halogens is 2. The molecule has 0 aliphatic rings. The van der Waals surface area contributed by atoms with E-state index < -0.39 is 0 Å². The summed E-state index contributed by atoms with van der Waals surface area (Å²) in [6, 6.07) is 11.2. The first-order valence-corrected chi connectivity index (χ1v) is 7.70. The molecule has 0 atom stereocenters. The van der Waals surface area contributed by atoms with Crippen molar-refractivity contribution < 1.29 is 4.79 Å². The van der Waals surface area contributed by atoms with Gasteiger partial charge in [-0.05, 0) is 42.8 Å². The molecule has 0 saturated carbocycles. The molecule has 3 aromatic rings. The van der Waals surface area contributed by atoms with Crippen LogP contribution < -0.4 is 0 Å². The van der Waals surface area contributed by atoms with Crippen LogP contribution in [0.3, 0.4) is 0 Å². The summed E-state index contributed by atoms with van der Waals surface area (Å²) in [6.45, 7) is 1.98. The van der Waals surface area contributed by atoms with Crippen molar-refractivity contribution in [2.45, 2.75) is 6.92 Å². The monoisotopic (exact) mass is 361 g/mol. The minimum absolute atomic E-state index is 0.0264. The molecule has 0 amide bonds. The molecule has 1 aromatic heterocycles. The van der Waals surface area contributed by atoms with Gasteiger partial charge in [-0.25, -0.2) is 0 Å². The Balaban J connectivity index is 2.15. The summed E-state index contributed by atoms with van der Waals surface area (Å²) < 4.78 is 2.93. The number of ketones is 1. The molecule has 0 N–H and O–H groups in total. The van der Waals surface area contributed by atoms with Gasteiger partial charge in [0.25, 0.3) is 0 Å². The number of benzene rings is 2. The third-order valence-electron chi connectivity index (χ3n) is 3.62. The van der Waals surface area contributed by atoms with Gasteiger partial charge in [0.1, 0.15) is 0 Å². The quantitative estimate of drug-likeness (QED) is 0.579. The van der Waals surface area contributed by atoms with E-state index in [2.05, 4.69) is 15.9 Å². The highest BCUT2D eigenvalue weighted by atomic mass is 79.9. The summed E-state index contributed by atoms with van der Waals surface area (Å²) >= 11 is 9.49. The molecule has 0 saturated heterocycles. The Hall–Kier alpha value is -1.58. The number of fused-ring (bicyclic) bond motifs is 1. The second kappa shape index (κ2) is 5.32. The largest absolute Gasteiger partial charge is 0.350 e. The molecule has 2 aromatic carbocycles. The third-order valence-corrected chi connectivity index (χ3v) is 4.74. The van der Waals surface area contributed by atoms with Gasteiger partial charge < -0.3 is 4.57 Å². The highest BCUT2D eigenvalue weighted by Gasteiger charge is 2.16. The molecule has 0 aliphatic heterocycles. The van der Waals surface area contributed by atoms with Crippen LogP contribution in [0, 0.1) is 6.92 Å². The number of carbonyl (C=O) groups is 1. The topological polar surface area (TPSA) is 22.0 Å². The van der Waals surface area contributed by atoms with Crippen molar-refractivity contribution in [2.75, 3.05) is 0 Å². The van der Waals surface area contributed by atoms with Crippen molar-refractivity contribution >= 4 is 44.2 Å². The molecular weight excluding hydrogens is 350 g/mol. The maximum atomic E-state index is 12.8. The highest BCUT2D eigenvalue weighted by molar-refractivity contribution is 9.10. The summed E-state index contributed by atoms with van der Waals surface area (Å²) in [5.41, 5.74) is 3.40. The van der Waals surface area contributed by atoms with Gasteiger partial charge in [0, 0.05) is 44.8 Å². The normalized spacial score (nSPS) is 11.0. The van der Waals surface area contributed by atoms with Crippen molar-refractivity contribution in [3.63, 3.8) is 0 Å². The van der Waals surface area contributed by atoms with Gasteiger partial charge in [-0.15, -0.1) is 0 Å². The first-order chi connectivity index (χ1) is 9.97. The van der Waals surface area contributed by atoms with E-state index in [-0.39, 0.29) is 5.78 Å². The number of aryl methyl sites for hydroxylation is 2. The molecule has 2 nitrogen and oxygen atoms in total. The molecule has 1 heterocycles. The maximum absolute atomic E-state index is 12.8. The zero-order valence-corrected chi connectivity index (χ0v) is 14.0. The van der Waals surface area contributed by atoms with E-state index in [1.807, 2.05) is 61.1 Å². The molecule has 0 bridgehead atoms. The van der Waals surface area contributed by atoms with E-state index in [0.29, 0.717) is 16.1 Å². The van der Waals surface area contributed by atoms with Crippen molar-refractivity contribution in [1.82, 2.24) is 4.57 Å². The minimum Gasteiger partial charge on any atom is -0.350 e. The molecular formula is C17H13BrClNO. The van der Waals surface area contributed by atoms with Gasteiger partial charge in [-0.3, -0.25) is 4.79 Å². The van der Waals surface area contributed by atoms with Gasteiger partial charge in [0.15, 0.2) is 5.78 Å². The smallest absolute Gasteiger partial charge is 0.195 e. The van der Waals surface area contributed by atoms with Gasteiger partial charge >= 0.3 is 0 Å². The number of hydrogen-bond acceptors (Lipinski definition) is 1.